The van der Waals surface area contributed by atoms with E-state index < -0.39 is 30.9 Å². The Morgan fingerprint density at radius 3 is 2.39 bits per heavy atom. The zero-order chi connectivity index (χ0) is 20.7. The van der Waals surface area contributed by atoms with Gasteiger partial charge in [0.2, 0.25) is 5.91 Å². The van der Waals surface area contributed by atoms with Crippen LogP contribution in [0, 0.1) is 5.92 Å². The molecule has 1 heterocycles. The maximum absolute atomic E-state index is 13.1. The fraction of sp³-hybridized carbons (Fsp3) is 0.368. The van der Waals surface area contributed by atoms with Gasteiger partial charge in [-0.2, -0.15) is 0 Å². The monoisotopic (exact) mass is 384 g/mol. The highest BCUT2D eigenvalue weighted by molar-refractivity contribution is 6.44. The Balaban J connectivity index is 2.35. The summed E-state index contributed by atoms with van der Waals surface area (Å²) in [4.78, 5) is 34.7. The molecule has 0 spiro atoms. The summed E-state index contributed by atoms with van der Waals surface area (Å²) in [7, 11) is -1.91. The second-order valence-corrected chi connectivity index (χ2v) is 7.01. The third-order valence-corrected chi connectivity index (χ3v) is 4.24. The van der Waals surface area contributed by atoms with Crippen molar-refractivity contribution in [3.63, 3.8) is 0 Å². The van der Waals surface area contributed by atoms with Gasteiger partial charge in [0.25, 0.3) is 5.91 Å². The van der Waals surface area contributed by atoms with E-state index in [4.69, 9.17) is 5.73 Å². The number of amides is 2. The summed E-state index contributed by atoms with van der Waals surface area (Å²) in [6, 6.07) is 8.13. The van der Waals surface area contributed by atoms with E-state index in [2.05, 4.69) is 9.97 Å². The molecule has 4 N–H and O–H groups in total. The van der Waals surface area contributed by atoms with Crippen molar-refractivity contribution in [2.24, 2.45) is 11.7 Å². The van der Waals surface area contributed by atoms with Gasteiger partial charge in [0.1, 0.15) is 5.69 Å². The van der Waals surface area contributed by atoms with E-state index in [-0.39, 0.29) is 24.5 Å². The minimum Gasteiger partial charge on any atom is -0.426 e. The first kappa shape index (κ1) is 21.7. The SMILES string of the molecule is CC(C)C[C@@H](B(O)O)N(C(=O)c1cnccn1)C(=O)[C@@H](N)Cc1ccccc1. The molecule has 0 aliphatic heterocycles. The number of nitrogens with zero attached hydrogens (tertiary/aromatic N) is 3. The van der Waals surface area contributed by atoms with Gasteiger partial charge in [-0.3, -0.25) is 19.5 Å². The topological polar surface area (TPSA) is 130 Å². The number of carbonyl (C=O) groups is 2. The van der Waals surface area contributed by atoms with Crippen molar-refractivity contribution >= 4 is 18.9 Å². The van der Waals surface area contributed by atoms with Gasteiger partial charge in [-0.1, -0.05) is 44.2 Å². The van der Waals surface area contributed by atoms with Crippen LogP contribution in [0.4, 0.5) is 0 Å². The molecule has 2 amide bonds. The number of imide groups is 1. The lowest BCUT2D eigenvalue weighted by molar-refractivity contribution is -0.131. The first-order valence-corrected chi connectivity index (χ1v) is 9.10. The number of aromatic nitrogens is 2. The number of nitrogens with two attached hydrogens (primary N) is 1. The Bertz CT molecular complexity index is 774. The van der Waals surface area contributed by atoms with Crippen LogP contribution in [0.3, 0.4) is 0 Å². The second kappa shape index (κ2) is 10.1. The summed E-state index contributed by atoms with van der Waals surface area (Å²) >= 11 is 0. The van der Waals surface area contributed by atoms with Crippen LogP contribution in [0.1, 0.15) is 36.3 Å². The van der Waals surface area contributed by atoms with Crippen molar-refractivity contribution in [1.82, 2.24) is 14.9 Å². The normalized spacial score (nSPS) is 13.1. The number of rotatable bonds is 8. The molecule has 9 heteroatoms. The van der Waals surface area contributed by atoms with Crippen molar-refractivity contribution < 1.29 is 19.6 Å². The smallest absolute Gasteiger partial charge is 0.426 e. The Kier molecular flexibility index (Phi) is 7.80. The Labute approximate surface area is 164 Å². The van der Waals surface area contributed by atoms with Gasteiger partial charge in [-0.05, 0) is 24.3 Å². The summed E-state index contributed by atoms with van der Waals surface area (Å²) < 4.78 is 0. The Hall–Kier alpha value is -2.62. The third kappa shape index (κ3) is 5.69. The molecule has 2 rings (SSSR count). The molecule has 0 radical (unpaired) electrons. The Morgan fingerprint density at radius 2 is 1.86 bits per heavy atom. The van der Waals surface area contributed by atoms with Gasteiger partial charge in [0.05, 0.1) is 18.2 Å². The van der Waals surface area contributed by atoms with Gasteiger partial charge < -0.3 is 15.8 Å². The summed E-state index contributed by atoms with van der Waals surface area (Å²) in [6.07, 6.45) is 4.36. The van der Waals surface area contributed by atoms with Crippen molar-refractivity contribution in [2.75, 3.05) is 0 Å². The minimum absolute atomic E-state index is 0.00195. The number of benzene rings is 1. The van der Waals surface area contributed by atoms with Crippen LogP contribution in [-0.4, -0.2) is 55.8 Å². The van der Waals surface area contributed by atoms with E-state index >= 15 is 0 Å². The summed E-state index contributed by atoms with van der Waals surface area (Å²) in [6.45, 7) is 3.71. The van der Waals surface area contributed by atoms with E-state index in [1.54, 1.807) is 0 Å². The summed E-state index contributed by atoms with van der Waals surface area (Å²) in [5, 5.41) is 19.8. The van der Waals surface area contributed by atoms with Crippen molar-refractivity contribution in [3.05, 3.63) is 60.2 Å². The molecular formula is C19H25BN4O4. The number of hydrogen-bond donors (Lipinski definition) is 3. The zero-order valence-electron chi connectivity index (χ0n) is 16.0. The largest absolute Gasteiger partial charge is 0.476 e. The van der Waals surface area contributed by atoms with E-state index in [0.29, 0.717) is 0 Å². The highest BCUT2D eigenvalue weighted by Crippen LogP contribution is 2.18. The van der Waals surface area contributed by atoms with E-state index in [9.17, 15) is 19.6 Å². The van der Waals surface area contributed by atoms with E-state index in [1.807, 2.05) is 44.2 Å². The van der Waals surface area contributed by atoms with Crippen LogP contribution in [0.2, 0.25) is 0 Å². The van der Waals surface area contributed by atoms with Crippen molar-refractivity contribution in [2.45, 2.75) is 38.7 Å². The molecule has 0 saturated heterocycles. The summed E-state index contributed by atoms with van der Waals surface area (Å²) in [5.41, 5.74) is 6.85. The highest BCUT2D eigenvalue weighted by atomic mass is 16.4. The van der Waals surface area contributed by atoms with Crippen molar-refractivity contribution in [1.29, 1.82) is 0 Å². The molecule has 0 saturated carbocycles. The van der Waals surface area contributed by atoms with E-state index in [1.165, 1.54) is 18.6 Å². The number of hydrogen-bond acceptors (Lipinski definition) is 7. The first-order valence-electron chi connectivity index (χ1n) is 9.10. The lowest BCUT2D eigenvalue weighted by Crippen LogP contribution is -2.57. The lowest BCUT2D eigenvalue weighted by Gasteiger charge is -2.32. The Morgan fingerprint density at radius 1 is 1.18 bits per heavy atom. The van der Waals surface area contributed by atoms with E-state index in [0.717, 1.165) is 10.5 Å². The molecular weight excluding hydrogens is 359 g/mol. The highest BCUT2D eigenvalue weighted by Gasteiger charge is 2.40. The van der Waals surface area contributed by atoms with Crippen molar-refractivity contribution in [3.8, 4) is 0 Å². The average Bonchev–Trinajstić information content (AvgIpc) is 2.68. The van der Waals surface area contributed by atoms with Crippen LogP contribution in [0.5, 0.6) is 0 Å². The van der Waals surface area contributed by atoms with Crippen LogP contribution < -0.4 is 5.73 Å². The predicted octanol–water partition coefficient (Wildman–Crippen LogP) is 0.442. The molecule has 0 aliphatic carbocycles. The average molecular weight is 384 g/mol. The minimum atomic E-state index is -1.91. The molecule has 1 aromatic heterocycles. The lowest BCUT2D eigenvalue weighted by atomic mass is 9.73. The van der Waals surface area contributed by atoms with Gasteiger partial charge in [0.15, 0.2) is 0 Å². The van der Waals surface area contributed by atoms with Gasteiger partial charge in [-0.25, -0.2) is 4.98 Å². The molecule has 0 aliphatic rings. The maximum Gasteiger partial charge on any atom is 0.476 e. The molecule has 148 valence electrons. The molecule has 0 bridgehead atoms. The second-order valence-electron chi connectivity index (χ2n) is 7.01. The third-order valence-electron chi connectivity index (χ3n) is 4.24. The fourth-order valence-corrected chi connectivity index (χ4v) is 2.92. The first-order chi connectivity index (χ1) is 13.3. The van der Waals surface area contributed by atoms with Crippen LogP contribution in [0.15, 0.2) is 48.9 Å². The van der Waals surface area contributed by atoms with Crippen LogP contribution in [0.25, 0.3) is 0 Å². The van der Waals surface area contributed by atoms with Gasteiger partial charge >= 0.3 is 7.12 Å². The molecule has 0 fully saturated rings. The molecule has 1 aromatic carbocycles. The summed E-state index contributed by atoms with van der Waals surface area (Å²) in [5.74, 6) is -2.61. The zero-order valence-corrected chi connectivity index (χ0v) is 16.0. The van der Waals surface area contributed by atoms with Gasteiger partial charge in [0, 0.05) is 12.4 Å². The van der Waals surface area contributed by atoms with Crippen LogP contribution in [-0.2, 0) is 11.2 Å². The fourth-order valence-electron chi connectivity index (χ4n) is 2.92. The predicted molar refractivity (Wildman–Crippen MR) is 105 cm³/mol. The molecule has 28 heavy (non-hydrogen) atoms. The molecule has 2 aromatic rings. The molecule has 8 nitrogen and oxygen atoms in total. The van der Waals surface area contributed by atoms with Crippen LogP contribution >= 0.6 is 0 Å². The molecule has 0 unspecified atom stereocenters. The molecule has 2 atom stereocenters. The standard InChI is InChI=1S/C19H25BN4O4/c1-13(2)10-17(20(27)28)24(19(26)16-12-22-8-9-23-16)18(25)15(21)11-14-6-4-3-5-7-14/h3-9,12-13,15,17,27-28H,10-11,21H2,1-2H3/t15-,17-/m0/s1. The number of carbonyl (C=O) groups excluding carboxylic acids is 2. The quantitative estimate of drug-likeness (QED) is 0.563. The maximum atomic E-state index is 13.1. The van der Waals surface area contributed by atoms with Gasteiger partial charge in [-0.15, -0.1) is 0 Å².